The van der Waals surface area contributed by atoms with E-state index in [0.29, 0.717) is 0 Å². The summed E-state index contributed by atoms with van der Waals surface area (Å²) in [5, 5.41) is 11.9. The molecule has 4 heteroatoms. The summed E-state index contributed by atoms with van der Waals surface area (Å²) in [6.45, 7) is 2.77. The van der Waals surface area contributed by atoms with Gasteiger partial charge in [0.05, 0.1) is 19.1 Å². The van der Waals surface area contributed by atoms with Crippen molar-refractivity contribution in [1.29, 1.82) is 0 Å². The largest absolute Gasteiger partial charge is 0.481 e. The van der Waals surface area contributed by atoms with Crippen molar-refractivity contribution in [1.82, 2.24) is 5.32 Å². The van der Waals surface area contributed by atoms with Crippen LogP contribution in [0, 0.1) is 5.41 Å². The number of carbonyl (C=O) groups is 1. The van der Waals surface area contributed by atoms with E-state index in [1.807, 2.05) is 0 Å². The van der Waals surface area contributed by atoms with Crippen molar-refractivity contribution < 1.29 is 14.6 Å². The lowest BCUT2D eigenvalue weighted by Crippen LogP contribution is -2.24. The fraction of sp³-hybridized carbons (Fsp3) is 0.889. The molecule has 0 aromatic heterocycles. The predicted octanol–water partition coefficient (Wildman–Crippen LogP) is 0.230. The van der Waals surface area contributed by atoms with Crippen molar-refractivity contribution in [2.45, 2.75) is 25.4 Å². The van der Waals surface area contributed by atoms with Crippen molar-refractivity contribution in [2.75, 3.05) is 19.7 Å². The number of ether oxygens (including phenoxy) is 1. The number of carboxylic acids is 1. The van der Waals surface area contributed by atoms with Gasteiger partial charge in [-0.2, -0.15) is 0 Å². The van der Waals surface area contributed by atoms with Crippen LogP contribution in [0.15, 0.2) is 0 Å². The summed E-state index contributed by atoms with van der Waals surface area (Å²) in [4.78, 5) is 10.5. The van der Waals surface area contributed by atoms with Crippen molar-refractivity contribution in [3.05, 3.63) is 0 Å². The second kappa shape index (κ2) is 3.27. The Labute approximate surface area is 77.3 Å². The normalized spacial score (nSPS) is 38.6. The fourth-order valence-electron chi connectivity index (χ4n) is 2.31. The maximum Gasteiger partial charge on any atom is 0.305 e. The first-order valence-corrected chi connectivity index (χ1v) is 4.74. The minimum absolute atomic E-state index is 0.0580. The average Bonchev–Trinajstić information content (AvgIpc) is 2.63. The summed E-state index contributed by atoms with van der Waals surface area (Å²) >= 11 is 0. The van der Waals surface area contributed by atoms with Gasteiger partial charge >= 0.3 is 5.97 Å². The van der Waals surface area contributed by atoms with Crippen LogP contribution >= 0.6 is 0 Å². The zero-order chi connectivity index (χ0) is 9.31. The summed E-state index contributed by atoms with van der Waals surface area (Å²) in [5.41, 5.74) is 0.250. The van der Waals surface area contributed by atoms with Gasteiger partial charge in [-0.15, -0.1) is 0 Å². The van der Waals surface area contributed by atoms with E-state index in [0.717, 1.165) is 32.5 Å². The summed E-state index contributed by atoms with van der Waals surface area (Å²) in [7, 11) is 0. The van der Waals surface area contributed by atoms with Crippen molar-refractivity contribution in [2.24, 2.45) is 5.41 Å². The SMILES string of the molecule is O=C(O)C[C@H]1C[C@]2(CCNC2)CO1. The second-order valence-electron chi connectivity index (χ2n) is 4.16. The summed E-state index contributed by atoms with van der Waals surface area (Å²) in [5.74, 6) is -0.756. The lowest BCUT2D eigenvalue weighted by Gasteiger charge is -2.18. The average molecular weight is 185 g/mol. The number of carboxylic acid groups (broad SMARTS) is 1. The van der Waals surface area contributed by atoms with E-state index in [1.54, 1.807) is 0 Å². The highest BCUT2D eigenvalue weighted by atomic mass is 16.5. The molecule has 1 spiro atoms. The highest BCUT2D eigenvalue weighted by Gasteiger charge is 2.42. The Morgan fingerprint density at radius 1 is 1.69 bits per heavy atom. The van der Waals surface area contributed by atoms with Crippen LogP contribution in [0.25, 0.3) is 0 Å². The molecule has 2 N–H and O–H groups in total. The summed E-state index contributed by atoms with van der Waals surface area (Å²) in [6, 6.07) is 0. The maximum absolute atomic E-state index is 10.5. The van der Waals surface area contributed by atoms with E-state index in [9.17, 15) is 4.79 Å². The fourth-order valence-corrected chi connectivity index (χ4v) is 2.31. The first kappa shape index (κ1) is 8.97. The molecule has 0 saturated carbocycles. The quantitative estimate of drug-likeness (QED) is 0.646. The lowest BCUT2D eigenvalue weighted by atomic mass is 9.84. The Bertz CT molecular complexity index is 211. The zero-order valence-corrected chi connectivity index (χ0v) is 7.58. The van der Waals surface area contributed by atoms with Gasteiger partial charge in [-0.05, 0) is 19.4 Å². The number of nitrogens with one attached hydrogen (secondary N) is 1. The van der Waals surface area contributed by atoms with Gasteiger partial charge in [-0.3, -0.25) is 4.79 Å². The minimum atomic E-state index is -0.756. The molecule has 0 aromatic carbocycles. The van der Waals surface area contributed by atoms with Gasteiger partial charge < -0.3 is 15.2 Å². The topological polar surface area (TPSA) is 58.6 Å². The van der Waals surface area contributed by atoms with Gasteiger partial charge in [0, 0.05) is 12.0 Å². The van der Waals surface area contributed by atoms with E-state index in [-0.39, 0.29) is 17.9 Å². The monoisotopic (exact) mass is 185 g/mol. The molecule has 2 saturated heterocycles. The van der Waals surface area contributed by atoms with Crippen molar-refractivity contribution >= 4 is 5.97 Å². The van der Waals surface area contributed by atoms with Crippen LogP contribution in [0.1, 0.15) is 19.3 Å². The van der Waals surface area contributed by atoms with Gasteiger partial charge in [0.2, 0.25) is 0 Å². The van der Waals surface area contributed by atoms with Crippen LogP contribution in [-0.2, 0) is 9.53 Å². The van der Waals surface area contributed by atoms with Gasteiger partial charge in [0.1, 0.15) is 0 Å². The van der Waals surface area contributed by atoms with E-state index in [2.05, 4.69) is 5.32 Å². The summed E-state index contributed by atoms with van der Waals surface area (Å²) in [6.07, 6.45) is 2.13. The Morgan fingerprint density at radius 2 is 2.54 bits per heavy atom. The maximum atomic E-state index is 10.5. The molecule has 2 fully saturated rings. The first-order valence-electron chi connectivity index (χ1n) is 4.74. The Balaban J connectivity index is 1.89. The predicted molar refractivity (Wildman–Crippen MR) is 46.5 cm³/mol. The molecule has 0 radical (unpaired) electrons. The Hall–Kier alpha value is -0.610. The van der Waals surface area contributed by atoms with E-state index in [4.69, 9.17) is 9.84 Å². The third kappa shape index (κ3) is 1.84. The van der Waals surface area contributed by atoms with Crippen molar-refractivity contribution in [3.63, 3.8) is 0 Å². The van der Waals surface area contributed by atoms with Crippen LogP contribution in [-0.4, -0.2) is 36.9 Å². The van der Waals surface area contributed by atoms with E-state index >= 15 is 0 Å². The molecular formula is C9H15NO3. The number of rotatable bonds is 2. The van der Waals surface area contributed by atoms with Gasteiger partial charge in [-0.1, -0.05) is 0 Å². The highest BCUT2D eigenvalue weighted by Crippen LogP contribution is 2.38. The molecule has 0 amide bonds. The number of hydrogen-bond donors (Lipinski definition) is 2. The van der Waals surface area contributed by atoms with E-state index in [1.165, 1.54) is 0 Å². The highest BCUT2D eigenvalue weighted by molar-refractivity contribution is 5.67. The molecular weight excluding hydrogens is 170 g/mol. The molecule has 2 aliphatic rings. The Morgan fingerprint density at radius 3 is 3.15 bits per heavy atom. The molecule has 74 valence electrons. The molecule has 0 aliphatic carbocycles. The molecule has 0 aromatic rings. The molecule has 2 aliphatic heterocycles. The lowest BCUT2D eigenvalue weighted by molar-refractivity contribution is -0.139. The van der Waals surface area contributed by atoms with Gasteiger partial charge in [-0.25, -0.2) is 0 Å². The standard InChI is InChI=1S/C9H15NO3/c11-8(12)3-7-4-9(6-13-7)1-2-10-5-9/h7,10H,1-6H2,(H,11,12)/t7-,9-/m0/s1. The minimum Gasteiger partial charge on any atom is -0.481 e. The van der Waals surface area contributed by atoms with Crippen molar-refractivity contribution in [3.8, 4) is 0 Å². The zero-order valence-electron chi connectivity index (χ0n) is 7.58. The van der Waals surface area contributed by atoms with Crippen LogP contribution < -0.4 is 5.32 Å². The first-order chi connectivity index (χ1) is 6.20. The van der Waals surface area contributed by atoms with Crippen LogP contribution in [0.3, 0.4) is 0 Å². The third-order valence-corrected chi connectivity index (χ3v) is 3.02. The van der Waals surface area contributed by atoms with Crippen LogP contribution in [0.5, 0.6) is 0 Å². The van der Waals surface area contributed by atoms with Gasteiger partial charge in [0.25, 0.3) is 0 Å². The molecule has 4 nitrogen and oxygen atoms in total. The second-order valence-corrected chi connectivity index (χ2v) is 4.16. The third-order valence-electron chi connectivity index (χ3n) is 3.02. The number of aliphatic carboxylic acids is 1. The molecule has 13 heavy (non-hydrogen) atoms. The van der Waals surface area contributed by atoms with Crippen LogP contribution in [0.2, 0.25) is 0 Å². The molecule has 0 bridgehead atoms. The molecule has 2 rings (SSSR count). The molecule has 0 unspecified atom stereocenters. The molecule has 2 heterocycles. The van der Waals surface area contributed by atoms with Gasteiger partial charge in [0.15, 0.2) is 0 Å². The Kier molecular flexibility index (Phi) is 2.26. The number of hydrogen-bond acceptors (Lipinski definition) is 3. The van der Waals surface area contributed by atoms with Crippen LogP contribution in [0.4, 0.5) is 0 Å². The smallest absolute Gasteiger partial charge is 0.305 e. The van der Waals surface area contributed by atoms with E-state index < -0.39 is 5.97 Å². The summed E-state index contributed by atoms with van der Waals surface area (Å²) < 4.78 is 5.48. The molecule has 2 atom stereocenters.